The number of phenols is 1. The van der Waals surface area contributed by atoms with Crippen molar-refractivity contribution in [1.82, 2.24) is 0 Å². The van der Waals surface area contributed by atoms with Crippen LogP contribution in [0.5, 0.6) is 5.75 Å². The number of aromatic hydroxyl groups is 1. The predicted octanol–water partition coefficient (Wildman–Crippen LogP) is 2.32. The van der Waals surface area contributed by atoms with Crippen LogP contribution in [0.25, 0.3) is 0 Å². The molecule has 0 saturated heterocycles. The maximum atomic E-state index is 10.0. The van der Waals surface area contributed by atoms with E-state index in [1.54, 1.807) is 12.1 Å². The first-order valence-electron chi connectivity index (χ1n) is 5.51. The van der Waals surface area contributed by atoms with Crippen LogP contribution in [0.2, 0.25) is 0 Å². The Kier molecular flexibility index (Phi) is 3.52. The molecule has 88 valence electrons. The average molecular weight is 286 g/mol. The molecule has 2 atom stereocenters. The van der Waals surface area contributed by atoms with E-state index < -0.39 is 12.1 Å². The molecule has 2 rings (SSSR count). The summed E-state index contributed by atoms with van der Waals surface area (Å²) in [6.07, 6.45) is 2.68. The van der Waals surface area contributed by atoms with Crippen molar-refractivity contribution in [3.8, 4) is 5.75 Å². The van der Waals surface area contributed by atoms with Crippen molar-refractivity contribution >= 4 is 15.9 Å². The lowest BCUT2D eigenvalue weighted by atomic mass is 9.77. The van der Waals surface area contributed by atoms with Gasteiger partial charge in [0.25, 0.3) is 0 Å². The number of benzene rings is 1. The van der Waals surface area contributed by atoms with Crippen LogP contribution in [-0.2, 0) is 0 Å². The molecular formula is C12H16BrNO2. The SMILES string of the molecule is N[C@@H](c1ccc(Br)cc1O)[C@H](O)C1CCC1. The molecule has 16 heavy (non-hydrogen) atoms. The monoisotopic (exact) mass is 285 g/mol. The van der Waals surface area contributed by atoms with Crippen LogP contribution >= 0.6 is 15.9 Å². The molecule has 1 fully saturated rings. The molecule has 4 N–H and O–H groups in total. The molecule has 1 aliphatic rings. The number of aliphatic hydroxyl groups excluding tert-OH is 1. The van der Waals surface area contributed by atoms with Crippen molar-refractivity contribution in [3.63, 3.8) is 0 Å². The summed E-state index contributed by atoms with van der Waals surface area (Å²) in [5.41, 5.74) is 6.59. The van der Waals surface area contributed by atoms with Crippen molar-refractivity contribution < 1.29 is 10.2 Å². The predicted molar refractivity (Wildman–Crippen MR) is 66.1 cm³/mol. The first-order valence-corrected chi connectivity index (χ1v) is 6.31. The fourth-order valence-corrected chi connectivity index (χ4v) is 2.41. The highest BCUT2D eigenvalue weighted by molar-refractivity contribution is 9.10. The van der Waals surface area contributed by atoms with E-state index in [2.05, 4.69) is 15.9 Å². The molecule has 0 heterocycles. The third kappa shape index (κ3) is 2.24. The van der Waals surface area contributed by atoms with Crippen molar-refractivity contribution in [2.75, 3.05) is 0 Å². The fourth-order valence-electron chi connectivity index (χ4n) is 2.06. The van der Waals surface area contributed by atoms with Gasteiger partial charge in [-0.1, -0.05) is 28.4 Å². The molecule has 0 aromatic heterocycles. The zero-order chi connectivity index (χ0) is 11.7. The molecule has 0 aliphatic heterocycles. The molecule has 3 nitrogen and oxygen atoms in total. The normalized spacial score (nSPS) is 20.2. The number of rotatable bonds is 3. The molecule has 1 aromatic carbocycles. The van der Waals surface area contributed by atoms with Crippen LogP contribution in [0.15, 0.2) is 22.7 Å². The van der Waals surface area contributed by atoms with Crippen LogP contribution in [0.1, 0.15) is 30.9 Å². The third-order valence-corrected chi connectivity index (χ3v) is 3.85. The van der Waals surface area contributed by atoms with Crippen LogP contribution < -0.4 is 5.73 Å². The van der Waals surface area contributed by atoms with Crippen molar-refractivity contribution in [2.24, 2.45) is 11.7 Å². The third-order valence-electron chi connectivity index (χ3n) is 3.35. The van der Waals surface area contributed by atoms with E-state index in [-0.39, 0.29) is 11.7 Å². The second-order valence-corrected chi connectivity index (χ2v) is 5.33. The quantitative estimate of drug-likeness (QED) is 0.799. The van der Waals surface area contributed by atoms with E-state index in [0.717, 1.165) is 17.3 Å². The van der Waals surface area contributed by atoms with Crippen molar-refractivity contribution in [2.45, 2.75) is 31.4 Å². The van der Waals surface area contributed by atoms with Gasteiger partial charge in [-0.3, -0.25) is 0 Å². The minimum absolute atomic E-state index is 0.139. The minimum Gasteiger partial charge on any atom is -0.508 e. The van der Waals surface area contributed by atoms with E-state index in [9.17, 15) is 10.2 Å². The standard InChI is InChI=1S/C12H16BrNO2/c13-8-4-5-9(10(15)6-8)11(14)12(16)7-2-1-3-7/h4-7,11-12,15-16H,1-3,14H2/t11-,12+/m0/s1. The van der Waals surface area contributed by atoms with E-state index >= 15 is 0 Å². The van der Waals surface area contributed by atoms with Crippen LogP contribution in [0.4, 0.5) is 0 Å². The van der Waals surface area contributed by atoms with Gasteiger partial charge in [-0.05, 0) is 30.9 Å². The maximum absolute atomic E-state index is 10.0. The zero-order valence-electron chi connectivity index (χ0n) is 8.94. The Morgan fingerprint density at radius 2 is 2.06 bits per heavy atom. The van der Waals surface area contributed by atoms with Crippen LogP contribution in [-0.4, -0.2) is 16.3 Å². The molecule has 0 spiro atoms. The second-order valence-electron chi connectivity index (χ2n) is 4.41. The highest BCUT2D eigenvalue weighted by atomic mass is 79.9. The van der Waals surface area contributed by atoms with Gasteiger partial charge in [-0.15, -0.1) is 0 Å². The molecule has 4 heteroatoms. The fraction of sp³-hybridized carbons (Fsp3) is 0.500. The smallest absolute Gasteiger partial charge is 0.121 e. The average Bonchev–Trinajstić information content (AvgIpc) is 2.14. The Hall–Kier alpha value is -0.580. The van der Waals surface area contributed by atoms with Gasteiger partial charge in [0.15, 0.2) is 0 Å². The maximum Gasteiger partial charge on any atom is 0.121 e. The summed E-state index contributed by atoms with van der Waals surface area (Å²) in [5, 5.41) is 19.8. The minimum atomic E-state index is -0.555. The Morgan fingerprint density at radius 3 is 2.56 bits per heavy atom. The number of halogens is 1. The van der Waals surface area contributed by atoms with Gasteiger partial charge in [0.1, 0.15) is 5.75 Å². The first-order chi connectivity index (χ1) is 7.59. The van der Waals surface area contributed by atoms with Crippen LogP contribution in [0, 0.1) is 5.92 Å². The van der Waals surface area contributed by atoms with E-state index in [0.29, 0.717) is 5.56 Å². The lowest BCUT2D eigenvalue weighted by molar-refractivity contribution is 0.0407. The summed E-state index contributed by atoms with van der Waals surface area (Å²) in [7, 11) is 0. The largest absolute Gasteiger partial charge is 0.508 e. The summed E-state index contributed by atoms with van der Waals surface area (Å²) >= 11 is 3.27. The van der Waals surface area contributed by atoms with Gasteiger partial charge < -0.3 is 15.9 Å². The number of phenolic OH excluding ortho intramolecular Hbond substituents is 1. The van der Waals surface area contributed by atoms with E-state index in [1.807, 2.05) is 6.07 Å². The Bertz CT molecular complexity index is 379. The summed E-state index contributed by atoms with van der Waals surface area (Å²) in [4.78, 5) is 0. The summed E-state index contributed by atoms with van der Waals surface area (Å²) in [6, 6.07) is 4.68. The summed E-state index contributed by atoms with van der Waals surface area (Å²) < 4.78 is 0.805. The highest BCUT2D eigenvalue weighted by Crippen LogP contribution is 2.36. The molecule has 1 saturated carbocycles. The van der Waals surface area contributed by atoms with Gasteiger partial charge in [0.2, 0.25) is 0 Å². The topological polar surface area (TPSA) is 66.5 Å². The molecule has 0 unspecified atom stereocenters. The Morgan fingerprint density at radius 1 is 1.38 bits per heavy atom. The number of aliphatic hydroxyl groups is 1. The van der Waals surface area contributed by atoms with Crippen molar-refractivity contribution in [3.05, 3.63) is 28.2 Å². The Labute approximate surface area is 103 Å². The molecule has 0 radical (unpaired) electrons. The number of hydrogen-bond acceptors (Lipinski definition) is 3. The lowest BCUT2D eigenvalue weighted by Gasteiger charge is -2.34. The molecule has 0 bridgehead atoms. The second kappa shape index (κ2) is 4.73. The lowest BCUT2D eigenvalue weighted by Crippen LogP contribution is -2.36. The van der Waals surface area contributed by atoms with Crippen LogP contribution in [0.3, 0.4) is 0 Å². The summed E-state index contributed by atoms with van der Waals surface area (Å²) in [6.45, 7) is 0. The van der Waals surface area contributed by atoms with E-state index in [1.165, 1.54) is 6.42 Å². The molecular weight excluding hydrogens is 270 g/mol. The first kappa shape index (κ1) is 11.9. The molecule has 1 aliphatic carbocycles. The summed E-state index contributed by atoms with van der Waals surface area (Å²) in [5.74, 6) is 0.429. The zero-order valence-corrected chi connectivity index (χ0v) is 10.5. The van der Waals surface area contributed by atoms with Gasteiger partial charge in [0, 0.05) is 10.0 Å². The number of nitrogens with two attached hydrogens (primary N) is 1. The molecule has 0 amide bonds. The van der Waals surface area contributed by atoms with Gasteiger partial charge >= 0.3 is 0 Å². The van der Waals surface area contributed by atoms with Gasteiger partial charge in [-0.25, -0.2) is 0 Å². The molecule has 1 aromatic rings. The van der Waals surface area contributed by atoms with Gasteiger partial charge in [-0.2, -0.15) is 0 Å². The van der Waals surface area contributed by atoms with Crippen molar-refractivity contribution in [1.29, 1.82) is 0 Å². The number of hydrogen-bond donors (Lipinski definition) is 3. The highest BCUT2D eigenvalue weighted by Gasteiger charge is 2.31. The van der Waals surface area contributed by atoms with Gasteiger partial charge in [0.05, 0.1) is 12.1 Å². The van der Waals surface area contributed by atoms with E-state index in [4.69, 9.17) is 5.73 Å². The Balaban J connectivity index is 2.15.